The van der Waals surface area contributed by atoms with Crippen LogP contribution < -0.4 is 20.7 Å². The lowest BCUT2D eigenvalue weighted by Crippen LogP contribution is -2.51. The lowest BCUT2D eigenvalue weighted by Gasteiger charge is -2.34. The summed E-state index contributed by atoms with van der Waals surface area (Å²) in [6.07, 6.45) is -2.60. The number of hydrogen-bond acceptors (Lipinski definition) is 9. The van der Waals surface area contributed by atoms with Crippen LogP contribution in [0.4, 0.5) is 32.9 Å². The van der Waals surface area contributed by atoms with Gasteiger partial charge in [0.15, 0.2) is 10.9 Å². The number of benzene rings is 2. The number of aromatic nitrogens is 3. The number of nitrogens with two attached hydrogens (primary N) is 1. The van der Waals surface area contributed by atoms with Crippen molar-refractivity contribution in [1.82, 2.24) is 20.3 Å². The summed E-state index contributed by atoms with van der Waals surface area (Å²) in [5.74, 6) is -1.88. The highest BCUT2D eigenvalue weighted by atomic mass is 32.1. The summed E-state index contributed by atoms with van der Waals surface area (Å²) < 4.78 is 80.6. The van der Waals surface area contributed by atoms with Gasteiger partial charge in [0.25, 0.3) is 0 Å². The van der Waals surface area contributed by atoms with E-state index in [2.05, 4.69) is 26.8 Å². The van der Waals surface area contributed by atoms with E-state index in [1.165, 1.54) is 0 Å². The molecule has 4 aromatic rings. The molecule has 218 valence electrons. The summed E-state index contributed by atoms with van der Waals surface area (Å²) in [5, 5.41) is 12.1. The van der Waals surface area contributed by atoms with Gasteiger partial charge >= 0.3 is 12.2 Å². The van der Waals surface area contributed by atoms with Gasteiger partial charge in [-0.2, -0.15) is 28.4 Å². The maximum atomic E-state index is 16.6. The van der Waals surface area contributed by atoms with E-state index in [1.807, 2.05) is 11.0 Å². The van der Waals surface area contributed by atoms with Crippen molar-refractivity contribution < 1.29 is 26.7 Å². The molecule has 2 fully saturated rings. The standard InChI is InChI=1S/C28H24F5N7OS/c1-13(3-2-8-34)12-41-27-38-22-17(25(39-27)40-10-14-4-5-15(11-40)36-14)9-18(28(31,32)33)20(21(22)30)16-6-7-19(29)24-23(16)37-26(35)42-24/h6-7,9,14-15,36H,1-5,10-12H2,(H2,35,37). The number of nitrogen functional groups attached to an aromatic ring is 1. The van der Waals surface area contributed by atoms with Crippen LogP contribution in [-0.2, 0) is 6.18 Å². The third-order valence-electron chi connectivity index (χ3n) is 7.49. The number of alkyl halides is 3. The van der Waals surface area contributed by atoms with Crippen molar-refractivity contribution in [3.05, 3.63) is 47.5 Å². The minimum Gasteiger partial charge on any atom is -0.459 e. The van der Waals surface area contributed by atoms with Crippen LogP contribution in [0.3, 0.4) is 0 Å². The zero-order chi connectivity index (χ0) is 29.8. The Labute approximate surface area is 240 Å². The van der Waals surface area contributed by atoms with Crippen molar-refractivity contribution in [2.45, 2.75) is 43.9 Å². The zero-order valence-corrected chi connectivity index (χ0v) is 22.9. The Hall–Kier alpha value is -4.09. The van der Waals surface area contributed by atoms with Crippen molar-refractivity contribution in [2.75, 3.05) is 30.3 Å². The predicted molar refractivity (Wildman–Crippen MR) is 149 cm³/mol. The minimum absolute atomic E-state index is 0.0643. The van der Waals surface area contributed by atoms with E-state index in [0.717, 1.165) is 42.4 Å². The Bertz CT molecular complexity index is 1750. The van der Waals surface area contributed by atoms with Gasteiger partial charge < -0.3 is 20.7 Å². The summed E-state index contributed by atoms with van der Waals surface area (Å²) in [6.45, 7) is 4.71. The number of fused-ring (bicyclic) bond motifs is 4. The molecule has 0 amide bonds. The van der Waals surface area contributed by atoms with E-state index >= 15 is 4.39 Å². The number of rotatable bonds is 7. The van der Waals surface area contributed by atoms with Gasteiger partial charge in [-0.1, -0.05) is 17.9 Å². The first kappa shape index (κ1) is 28.0. The van der Waals surface area contributed by atoms with Crippen molar-refractivity contribution in [3.8, 4) is 23.2 Å². The molecule has 2 saturated heterocycles. The predicted octanol–water partition coefficient (Wildman–Crippen LogP) is 5.97. The Morgan fingerprint density at radius 1 is 1.17 bits per heavy atom. The maximum absolute atomic E-state index is 16.6. The third-order valence-corrected chi connectivity index (χ3v) is 8.38. The third kappa shape index (κ3) is 5.07. The average molecular weight is 602 g/mol. The molecule has 3 N–H and O–H groups in total. The summed E-state index contributed by atoms with van der Waals surface area (Å²) >= 11 is 0.757. The van der Waals surface area contributed by atoms with E-state index < -0.39 is 28.9 Å². The van der Waals surface area contributed by atoms with Crippen LogP contribution in [-0.4, -0.2) is 46.7 Å². The highest BCUT2D eigenvalue weighted by Crippen LogP contribution is 2.46. The number of anilines is 2. The summed E-state index contributed by atoms with van der Waals surface area (Å²) in [6, 6.07) is 4.85. The molecule has 8 nitrogen and oxygen atoms in total. The summed E-state index contributed by atoms with van der Waals surface area (Å²) in [7, 11) is 0. The first-order valence-corrected chi connectivity index (χ1v) is 14.0. The molecule has 2 aromatic heterocycles. The number of hydrogen-bond donors (Lipinski definition) is 2. The highest BCUT2D eigenvalue weighted by Gasteiger charge is 2.39. The second-order valence-electron chi connectivity index (χ2n) is 10.4. The molecule has 42 heavy (non-hydrogen) atoms. The van der Waals surface area contributed by atoms with E-state index in [-0.39, 0.29) is 68.8 Å². The molecule has 2 aliphatic rings. The van der Waals surface area contributed by atoms with Gasteiger partial charge in [0.1, 0.15) is 23.8 Å². The van der Waals surface area contributed by atoms with E-state index in [1.54, 1.807) is 0 Å². The Morgan fingerprint density at radius 2 is 1.90 bits per heavy atom. The molecule has 2 atom stereocenters. The largest absolute Gasteiger partial charge is 0.459 e. The lowest BCUT2D eigenvalue weighted by atomic mass is 9.95. The lowest BCUT2D eigenvalue weighted by molar-refractivity contribution is -0.137. The summed E-state index contributed by atoms with van der Waals surface area (Å²) in [4.78, 5) is 14.5. The van der Waals surface area contributed by atoms with Crippen LogP contribution >= 0.6 is 11.3 Å². The summed E-state index contributed by atoms with van der Waals surface area (Å²) in [5.41, 5.74) is 3.41. The smallest absolute Gasteiger partial charge is 0.417 e. The number of nitriles is 1. The molecule has 2 aliphatic heterocycles. The zero-order valence-electron chi connectivity index (χ0n) is 22.1. The van der Waals surface area contributed by atoms with Gasteiger partial charge in [0.05, 0.1) is 21.8 Å². The highest BCUT2D eigenvalue weighted by molar-refractivity contribution is 7.22. The number of halogens is 5. The van der Waals surface area contributed by atoms with Gasteiger partial charge in [-0.05, 0) is 43.0 Å². The van der Waals surface area contributed by atoms with Crippen molar-refractivity contribution in [3.63, 3.8) is 0 Å². The topological polar surface area (TPSA) is 113 Å². The molecule has 0 radical (unpaired) electrons. The number of piperazine rings is 1. The first-order chi connectivity index (χ1) is 20.0. The van der Waals surface area contributed by atoms with Gasteiger partial charge in [0.2, 0.25) is 0 Å². The van der Waals surface area contributed by atoms with Gasteiger partial charge in [-0.25, -0.2) is 13.8 Å². The molecule has 2 bridgehead atoms. The molecule has 0 aliphatic carbocycles. The van der Waals surface area contributed by atoms with Gasteiger partial charge in [-0.15, -0.1) is 0 Å². The Balaban J connectivity index is 1.58. The fourth-order valence-corrected chi connectivity index (χ4v) is 6.38. The van der Waals surface area contributed by atoms with E-state index in [9.17, 15) is 17.6 Å². The van der Waals surface area contributed by atoms with Gasteiger partial charge in [0, 0.05) is 48.1 Å². The van der Waals surface area contributed by atoms with Crippen LogP contribution in [0, 0.1) is 23.0 Å². The molecule has 0 saturated carbocycles. The van der Waals surface area contributed by atoms with Crippen LogP contribution in [0.15, 0.2) is 30.4 Å². The van der Waals surface area contributed by atoms with Crippen LogP contribution in [0.2, 0.25) is 0 Å². The fourth-order valence-electron chi connectivity index (χ4n) is 5.62. The Morgan fingerprint density at radius 3 is 2.60 bits per heavy atom. The molecular formula is C28H24F5N7OS. The van der Waals surface area contributed by atoms with Crippen LogP contribution in [0.1, 0.15) is 31.2 Å². The van der Waals surface area contributed by atoms with E-state index in [0.29, 0.717) is 25.1 Å². The van der Waals surface area contributed by atoms with E-state index in [4.69, 9.17) is 15.7 Å². The molecule has 6 rings (SSSR count). The number of ether oxygens (including phenoxy) is 1. The number of nitrogens with zero attached hydrogens (tertiary/aromatic N) is 5. The average Bonchev–Trinajstić information content (AvgIpc) is 3.51. The van der Waals surface area contributed by atoms with Crippen LogP contribution in [0.25, 0.3) is 32.2 Å². The first-order valence-electron chi connectivity index (χ1n) is 13.2. The second-order valence-corrected chi connectivity index (χ2v) is 11.4. The second kappa shape index (κ2) is 10.6. The van der Waals surface area contributed by atoms with Gasteiger partial charge in [-0.3, -0.25) is 0 Å². The molecule has 0 spiro atoms. The molecule has 2 unspecified atom stereocenters. The SMILES string of the molecule is C=C(CCC#N)COc1nc(N2CC3CCC(C2)N3)c2cc(C(F)(F)F)c(-c3ccc(F)c4sc(N)nc34)c(F)c2n1. The van der Waals surface area contributed by atoms with Crippen molar-refractivity contribution in [1.29, 1.82) is 5.26 Å². The van der Waals surface area contributed by atoms with Crippen molar-refractivity contribution in [2.24, 2.45) is 0 Å². The molecule has 4 heterocycles. The minimum atomic E-state index is -4.99. The number of nitrogens with one attached hydrogen (secondary N) is 1. The fraction of sp³-hybridized carbons (Fsp3) is 0.357. The normalized spacial score (nSPS) is 18.5. The van der Waals surface area contributed by atoms with Crippen molar-refractivity contribution >= 4 is 43.4 Å². The quantitative estimate of drug-likeness (QED) is 0.197. The maximum Gasteiger partial charge on any atom is 0.417 e. The Kier molecular flexibility index (Phi) is 7.10. The number of thiazole rings is 1. The molecular weight excluding hydrogens is 577 g/mol. The monoisotopic (exact) mass is 601 g/mol. The molecule has 2 aromatic carbocycles. The molecule has 14 heteroatoms. The van der Waals surface area contributed by atoms with Crippen LogP contribution in [0.5, 0.6) is 6.01 Å².